The van der Waals surface area contributed by atoms with Crippen molar-refractivity contribution in [2.24, 2.45) is 0 Å². The molecule has 1 aromatic heterocycles. The number of carbonyl (C=O) groups is 2. The van der Waals surface area contributed by atoms with E-state index in [4.69, 9.17) is 23.2 Å². The van der Waals surface area contributed by atoms with Gasteiger partial charge in [0.05, 0.1) is 22.3 Å². The van der Waals surface area contributed by atoms with Gasteiger partial charge in [-0.2, -0.15) is 0 Å². The Bertz CT molecular complexity index is 1370. The second-order valence-electron chi connectivity index (χ2n) is 6.70. The third-order valence-electron chi connectivity index (χ3n) is 4.51. The lowest BCUT2D eigenvalue weighted by atomic mass is 10.2. The molecule has 0 saturated heterocycles. The molecule has 6 nitrogen and oxygen atoms in total. The highest BCUT2D eigenvalue weighted by molar-refractivity contribution is 7.99. The van der Waals surface area contributed by atoms with Gasteiger partial charge in [-0.15, -0.1) is 0 Å². The monoisotopic (exact) mass is 483 g/mol. The molecule has 4 aromatic rings. The fourth-order valence-electron chi connectivity index (χ4n) is 3.01. The number of halogens is 2. The molecule has 0 aliphatic rings. The zero-order valence-electron chi connectivity index (χ0n) is 16.4. The zero-order chi connectivity index (χ0) is 22.7. The van der Waals surface area contributed by atoms with E-state index in [0.717, 1.165) is 11.8 Å². The molecular weight excluding hydrogens is 469 g/mol. The highest BCUT2D eigenvalue weighted by atomic mass is 35.5. The van der Waals surface area contributed by atoms with Gasteiger partial charge in [0, 0.05) is 15.6 Å². The SMILES string of the molecule is O=C(CSc1nc2cc(Cl)ccc2c(=O)n1-c1ccc(Cl)cc1)NC(=O)c1ccccc1. The number of thioether (sulfide) groups is 1. The molecule has 4 rings (SSSR count). The molecule has 0 atom stereocenters. The average Bonchev–Trinajstić information content (AvgIpc) is 2.79. The van der Waals surface area contributed by atoms with Gasteiger partial charge in [0.1, 0.15) is 0 Å². The molecule has 0 unspecified atom stereocenters. The summed E-state index contributed by atoms with van der Waals surface area (Å²) in [7, 11) is 0. The summed E-state index contributed by atoms with van der Waals surface area (Å²) in [4.78, 5) is 42.4. The van der Waals surface area contributed by atoms with Crippen molar-refractivity contribution in [1.82, 2.24) is 14.9 Å². The Morgan fingerprint density at radius 3 is 2.34 bits per heavy atom. The molecule has 2 amide bonds. The number of benzene rings is 3. The molecule has 0 spiro atoms. The predicted octanol–water partition coefficient (Wildman–Crippen LogP) is 4.74. The third-order valence-corrected chi connectivity index (χ3v) is 5.93. The predicted molar refractivity (Wildman–Crippen MR) is 127 cm³/mol. The summed E-state index contributed by atoms with van der Waals surface area (Å²) in [5.74, 6) is -1.12. The Morgan fingerprint density at radius 1 is 0.938 bits per heavy atom. The molecule has 0 saturated carbocycles. The normalized spacial score (nSPS) is 10.8. The summed E-state index contributed by atoms with van der Waals surface area (Å²) in [6.45, 7) is 0. The van der Waals surface area contributed by atoms with E-state index in [-0.39, 0.29) is 16.5 Å². The maximum Gasteiger partial charge on any atom is 0.266 e. The standard InChI is InChI=1S/C23H15Cl2N3O3S/c24-15-6-9-17(10-7-15)28-22(31)18-11-8-16(25)12-19(18)26-23(28)32-13-20(29)27-21(30)14-4-2-1-3-5-14/h1-12H,13H2,(H,27,29,30). The van der Waals surface area contributed by atoms with Crippen molar-refractivity contribution < 1.29 is 9.59 Å². The number of amides is 2. The largest absolute Gasteiger partial charge is 0.292 e. The van der Waals surface area contributed by atoms with Crippen LogP contribution in [0.3, 0.4) is 0 Å². The highest BCUT2D eigenvalue weighted by Gasteiger charge is 2.16. The number of fused-ring (bicyclic) bond motifs is 1. The minimum absolute atomic E-state index is 0.120. The Hall–Kier alpha value is -3.13. The topological polar surface area (TPSA) is 81.1 Å². The van der Waals surface area contributed by atoms with Gasteiger partial charge >= 0.3 is 0 Å². The van der Waals surface area contributed by atoms with E-state index in [1.807, 2.05) is 0 Å². The van der Waals surface area contributed by atoms with E-state index < -0.39 is 11.8 Å². The second-order valence-corrected chi connectivity index (χ2v) is 8.52. The van der Waals surface area contributed by atoms with Crippen molar-refractivity contribution in [2.75, 3.05) is 5.75 Å². The molecule has 0 aliphatic heterocycles. The van der Waals surface area contributed by atoms with Gasteiger partial charge in [0.15, 0.2) is 5.16 Å². The van der Waals surface area contributed by atoms with Gasteiger partial charge in [0.25, 0.3) is 11.5 Å². The van der Waals surface area contributed by atoms with Gasteiger partial charge in [-0.3, -0.25) is 24.3 Å². The van der Waals surface area contributed by atoms with Crippen LogP contribution in [-0.4, -0.2) is 27.1 Å². The number of nitrogens with one attached hydrogen (secondary N) is 1. The molecule has 160 valence electrons. The van der Waals surface area contributed by atoms with Gasteiger partial charge in [-0.1, -0.05) is 53.2 Å². The number of nitrogens with zero attached hydrogens (tertiary/aromatic N) is 2. The van der Waals surface area contributed by atoms with Crippen molar-refractivity contribution in [3.63, 3.8) is 0 Å². The van der Waals surface area contributed by atoms with Crippen LogP contribution in [0.5, 0.6) is 0 Å². The van der Waals surface area contributed by atoms with Gasteiger partial charge in [-0.25, -0.2) is 4.98 Å². The van der Waals surface area contributed by atoms with Crippen molar-refractivity contribution in [3.05, 3.63) is 98.8 Å². The molecule has 0 bridgehead atoms. The first kappa shape index (κ1) is 22.1. The lowest BCUT2D eigenvalue weighted by Crippen LogP contribution is -2.32. The number of aromatic nitrogens is 2. The van der Waals surface area contributed by atoms with E-state index in [9.17, 15) is 14.4 Å². The van der Waals surface area contributed by atoms with Crippen molar-refractivity contribution >= 4 is 57.7 Å². The van der Waals surface area contributed by atoms with Crippen LogP contribution in [0.25, 0.3) is 16.6 Å². The molecule has 1 N–H and O–H groups in total. The molecule has 32 heavy (non-hydrogen) atoms. The van der Waals surface area contributed by atoms with Crippen LogP contribution in [0.4, 0.5) is 0 Å². The van der Waals surface area contributed by atoms with E-state index in [1.165, 1.54) is 4.57 Å². The minimum Gasteiger partial charge on any atom is -0.292 e. The summed E-state index contributed by atoms with van der Waals surface area (Å²) in [6, 6.07) is 20.0. The molecule has 3 aromatic carbocycles. The van der Waals surface area contributed by atoms with Crippen LogP contribution >= 0.6 is 35.0 Å². The number of hydrogen-bond donors (Lipinski definition) is 1. The Morgan fingerprint density at radius 2 is 1.62 bits per heavy atom. The van der Waals surface area contributed by atoms with Crippen molar-refractivity contribution in [1.29, 1.82) is 0 Å². The zero-order valence-corrected chi connectivity index (χ0v) is 18.7. The van der Waals surface area contributed by atoms with E-state index in [0.29, 0.717) is 32.2 Å². The van der Waals surface area contributed by atoms with Crippen LogP contribution in [-0.2, 0) is 4.79 Å². The lowest BCUT2D eigenvalue weighted by Gasteiger charge is -2.13. The first-order valence-corrected chi connectivity index (χ1v) is 11.2. The smallest absolute Gasteiger partial charge is 0.266 e. The number of imide groups is 1. The van der Waals surface area contributed by atoms with E-state index in [2.05, 4.69) is 10.3 Å². The number of hydrogen-bond acceptors (Lipinski definition) is 5. The van der Waals surface area contributed by atoms with Crippen LogP contribution < -0.4 is 10.9 Å². The Labute approximate surface area is 197 Å². The maximum absolute atomic E-state index is 13.2. The number of rotatable bonds is 5. The first-order chi connectivity index (χ1) is 15.4. The fourth-order valence-corrected chi connectivity index (χ4v) is 4.11. The van der Waals surface area contributed by atoms with Crippen molar-refractivity contribution in [2.45, 2.75) is 5.16 Å². The molecule has 9 heteroatoms. The van der Waals surface area contributed by atoms with Crippen LogP contribution in [0.2, 0.25) is 10.0 Å². The summed E-state index contributed by atoms with van der Waals surface area (Å²) in [6.07, 6.45) is 0. The van der Waals surface area contributed by atoms with Crippen molar-refractivity contribution in [3.8, 4) is 5.69 Å². The lowest BCUT2D eigenvalue weighted by molar-refractivity contribution is -0.117. The first-order valence-electron chi connectivity index (χ1n) is 9.42. The molecule has 0 aliphatic carbocycles. The molecule has 0 radical (unpaired) electrons. The highest BCUT2D eigenvalue weighted by Crippen LogP contribution is 2.24. The molecule has 0 fully saturated rings. The molecular formula is C23H15Cl2N3O3S. The Balaban J connectivity index is 1.65. The fraction of sp³-hybridized carbons (Fsp3) is 0.0435. The molecule has 1 heterocycles. The van der Waals surface area contributed by atoms with Gasteiger partial charge in [-0.05, 0) is 54.6 Å². The van der Waals surface area contributed by atoms with Crippen LogP contribution in [0, 0.1) is 0 Å². The summed E-state index contributed by atoms with van der Waals surface area (Å²) < 4.78 is 1.41. The average molecular weight is 484 g/mol. The van der Waals surface area contributed by atoms with E-state index >= 15 is 0 Å². The summed E-state index contributed by atoms with van der Waals surface area (Å²) >= 11 is 13.1. The summed E-state index contributed by atoms with van der Waals surface area (Å²) in [5.41, 5.74) is 1.03. The van der Waals surface area contributed by atoms with Crippen LogP contribution in [0.1, 0.15) is 10.4 Å². The Kier molecular flexibility index (Phi) is 6.60. The van der Waals surface area contributed by atoms with Crippen LogP contribution in [0.15, 0.2) is 82.7 Å². The van der Waals surface area contributed by atoms with Gasteiger partial charge in [0.2, 0.25) is 5.91 Å². The van der Waals surface area contributed by atoms with E-state index in [1.54, 1.807) is 72.8 Å². The summed E-state index contributed by atoms with van der Waals surface area (Å²) in [5, 5.41) is 3.98. The van der Waals surface area contributed by atoms with Gasteiger partial charge < -0.3 is 0 Å². The number of carbonyl (C=O) groups excluding carboxylic acids is 2. The maximum atomic E-state index is 13.2. The quantitative estimate of drug-likeness (QED) is 0.327. The minimum atomic E-state index is -0.507. The third kappa shape index (κ3) is 4.85. The second kappa shape index (κ2) is 9.56.